The van der Waals surface area contributed by atoms with Gasteiger partial charge in [0.2, 0.25) is 5.95 Å². The molecule has 10 heteroatoms. The van der Waals surface area contributed by atoms with E-state index in [-0.39, 0.29) is 17.6 Å². The minimum absolute atomic E-state index is 0.00653. The number of halogens is 3. The number of piperidine rings is 1. The molecule has 2 heterocycles. The highest BCUT2D eigenvalue weighted by molar-refractivity contribution is 6.04. The summed E-state index contributed by atoms with van der Waals surface area (Å²) in [6, 6.07) is 18.4. The van der Waals surface area contributed by atoms with Crippen LogP contribution in [0, 0.1) is 13.8 Å². The van der Waals surface area contributed by atoms with Gasteiger partial charge >= 0.3 is 6.18 Å². The van der Waals surface area contributed by atoms with Crippen molar-refractivity contribution in [3.8, 4) is 16.9 Å². The highest BCUT2D eigenvalue weighted by Crippen LogP contribution is 2.39. The fraction of sp³-hybridized carbons (Fsp3) is 0.357. The van der Waals surface area contributed by atoms with Gasteiger partial charge in [0.15, 0.2) is 0 Å². The molecule has 52 heavy (non-hydrogen) atoms. The molecule has 0 unspecified atom stereocenters. The van der Waals surface area contributed by atoms with Gasteiger partial charge in [-0.3, -0.25) is 4.79 Å². The zero-order valence-electron chi connectivity index (χ0n) is 30.8. The largest absolute Gasteiger partial charge is 0.489 e. The molecule has 1 aromatic heterocycles. The number of rotatable bonds is 9. The number of carbonyl (C=O) groups excluding carboxylic acids is 1. The van der Waals surface area contributed by atoms with Gasteiger partial charge in [0.1, 0.15) is 5.75 Å². The smallest absolute Gasteiger partial charge is 0.416 e. The number of aryl methyl sites for hydroxylation is 2. The summed E-state index contributed by atoms with van der Waals surface area (Å²) in [6.07, 6.45) is -0.487. The SMILES string of the molecule is Cc1ccc(NC(=O)c2cccc(C(F)(F)F)c2)cc1-c1cc(C(C)C)c2nc(Nc3cc(C)c(C4CCN(C)CC4)cc3OC(C)C)ncc2c1. The van der Waals surface area contributed by atoms with E-state index in [4.69, 9.17) is 14.7 Å². The lowest BCUT2D eigenvalue weighted by Gasteiger charge is -2.30. The number of nitrogens with zero attached hydrogens (tertiary/aromatic N) is 3. The van der Waals surface area contributed by atoms with Crippen molar-refractivity contribution < 1.29 is 22.7 Å². The van der Waals surface area contributed by atoms with Crippen LogP contribution >= 0.6 is 0 Å². The Bertz CT molecular complexity index is 2100. The van der Waals surface area contributed by atoms with Gasteiger partial charge in [0, 0.05) is 22.8 Å². The zero-order chi connectivity index (χ0) is 37.3. The lowest BCUT2D eigenvalue weighted by atomic mass is 9.86. The Morgan fingerprint density at radius 3 is 2.38 bits per heavy atom. The number of alkyl halides is 3. The van der Waals surface area contributed by atoms with E-state index in [1.165, 1.54) is 23.3 Å². The van der Waals surface area contributed by atoms with Crippen molar-refractivity contribution >= 4 is 34.1 Å². The van der Waals surface area contributed by atoms with Crippen LogP contribution < -0.4 is 15.4 Å². The number of benzene rings is 4. The number of carbonyl (C=O) groups is 1. The lowest BCUT2D eigenvalue weighted by molar-refractivity contribution is -0.137. The number of nitrogens with one attached hydrogen (secondary N) is 2. The molecule has 0 bridgehead atoms. The molecule has 0 spiro atoms. The highest BCUT2D eigenvalue weighted by Gasteiger charge is 2.31. The van der Waals surface area contributed by atoms with Crippen LogP contribution in [0.2, 0.25) is 0 Å². The van der Waals surface area contributed by atoms with Crippen LogP contribution in [-0.4, -0.2) is 47.0 Å². The number of hydrogen-bond acceptors (Lipinski definition) is 6. The Hall–Kier alpha value is -4.96. The average Bonchev–Trinajstić information content (AvgIpc) is 3.09. The summed E-state index contributed by atoms with van der Waals surface area (Å²) in [7, 11) is 2.18. The molecule has 272 valence electrons. The first-order chi connectivity index (χ1) is 24.7. The summed E-state index contributed by atoms with van der Waals surface area (Å²) < 4.78 is 46.1. The quantitative estimate of drug-likeness (QED) is 0.159. The van der Waals surface area contributed by atoms with Crippen molar-refractivity contribution in [2.45, 2.75) is 78.5 Å². The maximum absolute atomic E-state index is 13.3. The number of hydrogen-bond donors (Lipinski definition) is 2. The van der Waals surface area contributed by atoms with Gasteiger partial charge in [-0.05, 0) is 160 Å². The molecule has 6 rings (SSSR count). The van der Waals surface area contributed by atoms with Crippen molar-refractivity contribution in [1.29, 1.82) is 0 Å². The van der Waals surface area contributed by atoms with Crippen LogP contribution in [-0.2, 0) is 6.18 Å². The van der Waals surface area contributed by atoms with E-state index in [9.17, 15) is 18.0 Å². The number of anilines is 3. The van der Waals surface area contributed by atoms with E-state index in [1.807, 2.05) is 45.2 Å². The van der Waals surface area contributed by atoms with Crippen LogP contribution in [0.1, 0.15) is 90.5 Å². The average molecular weight is 710 g/mol. The molecule has 2 N–H and O–H groups in total. The predicted octanol–water partition coefficient (Wildman–Crippen LogP) is 10.6. The molecule has 0 aliphatic carbocycles. The fourth-order valence-electron chi connectivity index (χ4n) is 6.91. The van der Waals surface area contributed by atoms with Gasteiger partial charge in [0.05, 0.1) is 22.9 Å². The molecule has 1 amide bonds. The van der Waals surface area contributed by atoms with Crippen molar-refractivity contribution in [2.75, 3.05) is 30.8 Å². The van der Waals surface area contributed by atoms with E-state index < -0.39 is 17.6 Å². The van der Waals surface area contributed by atoms with E-state index in [0.29, 0.717) is 17.6 Å². The topological polar surface area (TPSA) is 79.4 Å². The number of likely N-dealkylation sites (tertiary alicyclic amines) is 1. The molecule has 4 aromatic carbocycles. The third kappa shape index (κ3) is 8.23. The Balaban J connectivity index is 1.31. The van der Waals surface area contributed by atoms with Gasteiger partial charge in [-0.25, -0.2) is 9.97 Å². The third-order valence-electron chi connectivity index (χ3n) is 9.73. The second-order valence-corrected chi connectivity index (χ2v) is 14.5. The molecule has 1 aliphatic heterocycles. The standard InChI is InChI=1S/C42H46F3N5O2/c1-24(2)34-20-30(35-21-33(12-11-26(35)5)47-40(51)29-9-8-10-32(19-29)42(43,44)45)18-31-23-46-41(49-39(31)34)48-37-17-27(6)36(22-38(37)52-25(3)4)28-13-15-50(7)16-14-28/h8-12,17-25,28H,13-16H2,1-7H3,(H,47,51)(H,46,48,49). The number of fused-ring (bicyclic) bond motifs is 1. The summed E-state index contributed by atoms with van der Waals surface area (Å²) in [4.78, 5) is 25.1. The molecule has 7 nitrogen and oxygen atoms in total. The van der Waals surface area contributed by atoms with Crippen LogP contribution in [0.4, 0.5) is 30.5 Å². The van der Waals surface area contributed by atoms with Crippen molar-refractivity contribution in [2.24, 2.45) is 0 Å². The first-order valence-corrected chi connectivity index (χ1v) is 17.8. The molecule has 0 atom stereocenters. The Morgan fingerprint density at radius 1 is 0.942 bits per heavy atom. The number of ether oxygens (including phenoxy) is 1. The van der Waals surface area contributed by atoms with Gasteiger partial charge in [-0.2, -0.15) is 13.2 Å². The zero-order valence-corrected chi connectivity index (χ0v) is 30.8. The maximum Gasteiger partial charge on any atom is 0.416 e. The van der Waals surface area contributed by atoms with E-state index in [0.717, 1.165) is 82.7 Å². The first-order valence-electron chi connectivity index (χ1n) is 17.8. The summed E-state index contributed by atoms with van der Waals surface area (Å²) in [5.74, 6) is 1.26. The number of amides is 1. The Labute approximate surface area is 303 Å². The molecular weight excluding hydrogens is 663 g/mol. The lowest BCUT2D eigenvalue weighted by Crippen LogP contribution is -2.29. The van der Waals surface area contributed by atoms with Gasteiger partial charge in [-0.15, -0.1) is 0 Å². The Kier molecular flexibility index (Phi) is 10.6. The molecule has 1 saturated heterocycles. The molecule has 0 radical (unpaired) electrons. The van der Waals surface area contributed by atoms with Gasteiger partial charge in [-0.1, -0.05) is 26.0 Å². The maximum atomic E-state index is 13.3. The van der Waals surface area contributed by atoms with Crippen LogP contribution in [0.15, 0.2) is 72.9 Å². The van der Waals surface area contributed by atoms with E-state index in [1.54, 1.807) is 6.07 Å². The number of aromatic nitrogens is 2. The van der Waals surface area contributed by atoms with Crippen molar-refractivity contribution in [3.05, 3.63) is 106 Å². The van der Waals surface area contributed by atoms with Crippen molar-refractivity contribution in [1.82, 2.24) is 14.9 Å². The van der Waals surface area contributed by atoms with Gasteiger partial charge < -0.3 is 20.3 Å². The predicted molar refractivity (Wildman–Crippen MR) is 203 cm³/mol. The molecule has 1 fully saturated rings. The van der Waals surface area contributed by atoms with Crippen LogP contribution in [0.3, 0.4) is 0 Å². The van der Waals surface area contributed by atoms with E-state index in [2.05, 4.69) is 61.6 Å². The molecule has 5 aromatic rings. The van der Waals surface area contributed by atoms with Gasteiger partial charge in [0.25, 0.3) is 5.91 Å². The minimum atomic E-state index is -4.54. The summed E-state index contributed by atoms with van der Waals surface area (Å²) in [5.41, 5.74) is 7.53. The first kappa shape index (κ1) is 36.8. The fourth-order valence-corrected chi connectivity index (χ4v) is 6.91. The Morgan fingerprint density at radius 2 is 1.69 bits per heavy atom. The second kappa shape index (κ2) is 14.9. The molecular formula is C42H46F3N5O2. The van der Waals surface area contributed by atoms with Crippen LogP contribution in [0.5, 0.6) is 5.75 Å². The third-order valence-corrected chi connectivity index (χ3v) is 9.73. The summed E-state index contributed by atoms with van der Waals surface area (Å²) >= 11 is 0. The van der Waals surface area contributed by atoms with Crippen molar-refractivity contribution in [3.63, 3.8) is 0 Å². The molecule has 1 aliphatic rings. The monoisotopic (exact) mass is 709 g/mol. The minimum Gasteiger partial charge on any atom is -0.489 e. The summed E-state index contributed by atoms with van der Waals surface area (Å²) in [6.45, 7) is 14.6. The van der Waals surface area contributed by atoms with E-state index >= 15 is 0 Å². The normalized spacial score (nSPS) is 14.3. The highest BCUT2D eigenvalue weighted by atomic mass is 19.4. The second-order valence-electron chi connectivity index (χ2n) is 14.5. The molecule has 0 saturated carbocycles. The summed E-state index contributed by atoms with van der Waals surface area (Å²) in [5, 5.41) is 7.09. The van der Waals surface area contributed by atoms with Crippen LogP contribution in [0.25, 0.3) is 22.0 Å².